The van der Waals surface area contributed by atoms with Gasteiger partial charge in [0.1, 0.15) is 5.82 Å². The molecule has 2 rings (SSSR count). The highest BCUT2D eigenvalue weighted by Crippen LogP contribution is 2.19. The Balaban J connectivity index is 1.90. The molecule has 1 saturated heterocycles. The molecule has 0 saturated carbocycles. The van der Waals surface area contributed by atoms with E-state index in [4.69, 9.17) is 5.73 Å². The molecule has 1 fully saturated rings. The monoisotopic (exact) mass is 283 g/mol. The van der Waals surface area contributed by atoms with Gasteiger partial charge >= 0.3 is 0 Å². The molecule has 0 unspecified atom stereocenters. The van der Waals surface area contributed by atoms with E-state index in [1.165, 1.54) is 11.5 Å². The Kier molecular flexibility index (Phi) is 4.71. The van der Waals surface area contributed by atoms with Crippen LogP contribution in [0.3, 0.4) is 0 Å². The van der Waals surface area contributed by atoms with Gasteiger partial charge in [-0.25, -0.2) is 4.98 Å². The van der Waals surface area contributed by atoms with Crippen LogP contribution in [0.2, 0.25) is 0 Å². The molecule has 2 heterocycles. The Labute approximate surface area is 117 Å². The van der Waals surface area contributed by atoms with E-state index in [-0.39, 0.29) is 11.9 Å². The summed E-state index contributed by atoms with van der Waals surface area (Å²) < 4.78 is 4.29. The molecule has 0 radical (unpaired) electrons. The van der Waals surface area contributed by atoms with E-state index in [0.717, 1.165) is 30.5 Å². The molecule has 1 aliphatic heterocycles. The molecule has 1 aromatic heterocycles. The quantitative estimate of drug-likeness (QED) is 0.870. The van der Waals surface area contributed by atoms with Crippen molar-refractivity contribution in [2.24, 2.45) is 5.73 Å². The second-order valence-electron chi connectivity index (χ2n) is 4.67. The SMILES string of the molecule is CCc1nsc(N2CCN(C(=O)[C@@H](N)CC)CC2)n1. The minimum atomic E-state index is -0.361. The summed E-state index contributed by atoms with van der Waals surface area (Å²) in [5.74, 6) is 0.958. The largest absolute Gasteiger partial charge is 0.343 e. The van der Waals surface area contributed by atoms with Crippen LogP contribution in [0, 0.1) is 0 Å². The number of amides is 1. The Morgan fingerprint density at radius 1 is 1.37 bits per heavy atom. The minimum Gasteiger partial charge on any atom is -0.343 e. The summed E-state index contributed by atoms with van der Waals surface area (Å²) in [6.07, 6.45) is 1.55. The lowest BCUT2D eigenvalue weighted by Crippen LogP contribution is -2.53. The fourth-order valence-corrected chi connectivity index (χ4v) is 2.85. The summed E-state index contributed by atoms with van der Waals surface area (Å²) in [5, 5.41) is 0.962. The summed E-state index contributed by atoms with van der Waals surface area (Å²) >= 11 is 1.44. The average Bonchev–Trinajstić information content (AvgIpc) is 2.94. The molecule has 1 aromatic rings. The molecule has 0 aliphatic carbocycles. The highest BCUT2D eigenvalue weighted by Gasteiger charge is 2.25. The fourth-order valence-electron chi connectivity index (χ4n) is 2.04. The van der Waals surface area contributed by atoms with Crippen LogP contribution in [0.4, 0.5) is 5.13 Å². The van der Waals surface area contributed by atoms with Crippen LogP contribution in [0.15, 0.2) is 0 Å². The van der Waals surface area contributed by atoms with Gasteiger partial charge in [0.25, 0.3) is 0 Å². The maximum Gasteiger partial charge on any atom is 0.239 e. The van der Waals surface area contributed by atoms with Gasteiger partial charge in [-0.3, -0.25) is 4.79 Å². The third kappa shape index (κ3) is 3.22. The van der Waals surface area contributed by atoms with Gasteiger partial charge in [-0.1, -0.05) is 13.8 Å². The number of hydrogen-bond acceptors (Lipinski definition) is 6. The van der Waals surface area contributed by atoms with Crippen LogP contribution in [-0.4, -0.2) is 52.4 Å². The Hall–Kier alpha value is -1.21. The van der Waals surface area contributed by atoms with E-state index < -0.39 is 0 Å². The molecule has 19 heavy (non-hydrogen) atoms. The molecule has 0 aromatic carbocycles. The van der Waals surface area contributed by atoms with E-state index >= 15 is 0 Å². The molecule has 1 aliphatic rings. The number of hydrogen-bond donors (Lipinski definition) is 1. The van der Waals surface area contributed by atoms with E-state index in [1.54, 1.807) is 0 Å². The van der Waals surface area contributed by atoms with E-state index in [2.05, 4.69) is 21.2 Å². The van der Waals surface area contributed by atoms with Gasteiger partial charge in [-0.05, 0) is 6.42 Å². The molecule has 2 N–H and O–H groups in total. The van der Waals surface area contributed by atoms with Crippen molar-refractivity contribution in [3.05, 3.63) is 5.82 Å². The smallest absolute Gasteiger partial charge is 0.239 e. The van der Waals surface area contributed by atoms with Crippen molar-refractivity contribution in [3.8, 4) is 0 Å². The van der Waals surface area contributed by atoms with Gasteiger partial charge in [0.05, 0.1) is 6.04 Å². The topological polar surface area (TPSA) is 75.4 Å². The van der Waals surface area contributed by atoms with Gasteiger partial charge < -0.3 is 15.5 Å². The van der Waals surface area contributed by atoms with Gasteiger partial charge in [-0.2, -0.15) is 4.37 Å². The molecular formula is C12H21N5OS. The Morgan fingerprint density at radius 3 is 2.58 bits per heavy atom. The predicted molar refractivity (Wildman–Crippen MR) is 76.3 cm³/mol. The lowest BCUT2D eigenvalue weighted by Gasteiger charge is -2.35. The molecule has 0 spiro atoms. The molecule has 0 bridgehead atoms. The van der Waals surface area contributed by atoms with Gasteiger partial charge in [0.2, 0.25) is 11.0 Å². The van der Waals surface area contributed by atoms with Crippen LogP contribution in [0.25, 0.3) is 0 Å². The van der Waals surface area contributed by atoms with Crippen LogP contribution in [-0.2, 0) is 11.2 Å². The number of aromatic nitrogens is 2. The predicted octanol–water partition coefficient (Wildman–Crippen LogP) is 0.486. The van der Waals surface area contributed by atoms with Gasteiger partial charge in [0, 0.05) is 44.1 Å². The second kappa shape index (κ2) is 6.29. The standard InChI is InChI=1S/C12H21N5OS/c1-3-9(13)11(18)16-5-7-17(8-6-16)12-14-10(4-2)15-19-12/h9H,3-8,13H2,1-2H3/t9-/m0/s1. The zero-order valence-corrected chi connectivity index (χ0v) is 12.3. The highest BCUT2D eigenvalue weighted by atomic mass is 32.1. The molecule has 6 nitrogen and oxygen atoms in total. The normalized spacial score (nSPS) is 17.6. The third-order valence-corrected chi connectivity index (χ3v) is 4.21. The zero-order valence-electron chi connectivity index (χ0n) is 11.5. The summed E-state index contributed by atoms with van der Waals surface area (Å²) in [6, 6.07) is -0.361. The number of carbonyl (C=O) groups is 1. The average molecular weight is 283 g/mol. The summed E-state index contributed by atoms with van der Waals surface area (Å²) in [7, 11) is 0. The summed E-state index contributed by atoms with van der Waals surface area (Å²) in [6.45, 7) is 7.03. The molecule has 106 valence electrons. The van der Waals surface area contributed by atoms with Crippen molar-refractivity contribution in [2.75, 3.05) is 31.1 Å². The van der Waals surface area contributed by atoms with Gasteiger partial charge in [-0.15, -0.1) is 0 Å². The maximum atomic E-state index is 12.0. The zero-order chi connectivity index (χ0) is 13.8. The number of nitrogens with zero attached hydrogens (tertiary/aromatic N) is 4. The van der Waals surface area contributed by atoms with Crippen molar-refractivity contribution in [2.45, 2.75) is 32.7 Å². The highest BCUT2D eigenvalue weighted by molar-refractivity contribution is 7.09. The number of rotatable bonds is 4. The number of aryl methyl sites for hydroxylation is 1. The second-order valence-corrected chi connectivity index (χ2v) is 5.40. The van der Waals surface area contributed by atoms with Crippen LogP contribution in [0.1, 0.15) is 26.1 Å². The fraction of sp³-hybridized carbons (Fsp3) is 0.750. The summed E-state index contributed by atoms with van der Waals surface area (Å²) in [5.41, 5.74) is 5.79. The Bertz CT molecular complexity index is 428. The van der Waals surface area contributed by atoms with E-state index in [9.17, 15) is 4.79 Å². The van der Waals surface area contributed by atoms with Crippen LogP contribution >= 0.6 is 11.5 Å². The van der Waals surface area contributed by atoms with Crippen molar-refractivity contribution in [3.63, 3.8) is 0 Å². The van der Waals surface area contributed by atoms with Crippen molar-refractivity contribution in [1.29, 1.82) is 0 Å². The lowest BCUT2D eigenvalue weighted by molar-refractivity contribution is -0.132. The first-order chi connectivity index (χ1) is 9.15. The molecule has 7 heteroatoms. The van der Waals surface area contributed by atoms with E-state index in [1.807, 2.05) is 11.8 Å². The first kappa shape index (κ1) is 14.2. The molecule has 1 atom stereocenters. The van der Waals surface area contributed by atoms with Crippen LogP contribution in [0.5, 0.6) is 0 Å². The number of nitrogens with two attached hydrogens (primary N) is 1. The van der Waals surface area contributed by atoms with E-state index in [0.29, 0.717) is 19.5 Å². The number of piperazine rings is 1. The lowest BCUT2D eigenvalue weighted by atomic mass is 10.2. The first-order valence-electron chi connectivity index (χ1n) is 6.77. The molecular weight excluding hydrogens is 262 g/mol. The summed E-state index contributed by atoms with van der Waals surface area (Å²) in [4.78, 5) is 20.5. The first-order valence-corrected chi connectivity index (χ1v) is 7.55. The number of anilines is 1. The molecule has 1 amide bonds. The van der Waals surface area contributed by atoms with Gasteiger partial charge in [0.15, 0.2) is 0 Å². The minimum absolute atomic E-state index is 0.0636. The van der Waals surface area contributed by atoms with Crippen LogP contribution < -0.4 is 10.6 Å². The number of carbonyl (C=O) groups excluding carboxylic acids is 1. The maximum absolute atomic E-state index is 12.0. The van der Waals surface area contributed by atoms with Crippen molar-refractivity contribution in [1.82, 2.24) is 14.3 Å². The third-order valence-electron chi connectivity index (χ3n) is 3.39. The van der Waals surface area contributed by atoms with Crippen molar-refractivity contribution < 1.29 is 4.79 Å². The Morgan fingerprint density at radius 2 is 2.05 bits per heavy atom. The van der Waals surface area contributed by atoms with Crippen molar-refractivity contribution >= 4 is 22.6 Å².